The molecule has 88 valence electrons. The molecule has 17 heavy (non-hydrogen) atoms. The molecule has 0 spiro atoms. The zero-order valence-electron chi connectivity index (χ0n) is 9.08. The maximum absolute atomic E-state index is 10.5. The van der Waals surface area contributed by atoms with Crippen molar-refractivity contribution >= 4 is 17.9 Å². The number of H-pyrrole nitrogens is 1. The zero-order valence-corrected chi connectivity index (χ0v) is 9.90. The van der Waals surface area contributed by atoms with Crippen LogP contribution in [0, 0.1) is 14.9 Å². The van der Waals surface area contributed by atoms with Crippen LogP contribution < -0.4 is 0 Å². The first-order valence-corrected chi connectivity index (χ1v) is 5.45. The van der Waals surface area contributed by atoms with Gasteiger partial charge in [0.25, 0.3) is 5.69 Å². The number of nitro groups is 1. The average Bonchev–Trinajstić information content (AvgIpc) is 2.70. The Kier molecular flexibility index (Phi) is 3.01. The molecule has 0 saturated heterocycles. The van der Waals surface area contributed by atoms with E-state index in [4.69, 9.17) is 12.2 Å². The Hall–Kier alpha value is -2.02. The Bertz CT molecular complexity index is 600. The SMILES string of the molecule is CCc1nc(=S)[nH]n1-c1ccc([N+](=O)[O-])cc1. The molecular formula is C10H10N4O2S. The first kappa shape index (κ1) is 11.5. The Morgan fingerprint density at radius 2 is 2.12 bits per heavy atom. The minimum absolute atomic E-state index is 0.0607. The maximum Gasteiger partial charge on any atom is 0.269 e. The number of nitrogens with one attached hydrogen (secondary N) is 1. The Balaban J connectivity index is 2.46. The van der Waals surface area contributed by atoms with Gasteiger partial charge in [-0.2, -0.15) is 0 Å². The molecule has 2 rings (SSSR count). The fourth-order valence-electron chi connectivity index (χ4n) is 1.53. The Labute approximate surface area is 102 Å². The molecule has 0 saturated carbocycles. The lowest BCUT2D eigenvalue weighted by atomic mass is 10.3. The van der Waals surface area contributed by atoms with E-state index in [2.05, 4.69) is 10.1 Å². The maximum atomic E-state index is 10.5. The lowest BCUT2D eigenvalue weighted by Crippen LogP contribution is -2.02. The van der Waals surface area contributed by atoms with Crippen molar-refractivity contribution in [3.05, 3.63) is 45.0 Å². The van der Waals surface area contributed by atoms with Crippen LogP contribution in [0.25, 0.3) is 5.69 Å². The smallest absolute Gasteiger partial charge is 0.266 e. The number of aromatic nitrogens is 3. The number of hydrogen-bond donors (Lipinski definition) is 1. The van der Waals surface area contributed by atoms with Gasteiger partial charge < -0.3 is 0 Å². The van der Waals surface area contributed by atoms with Gasteiger partial charge in [0.1, 0.15) is 5.82 Å². The first-order chi connectivity index (χ1) is 8.11. The summed E-state index contributed by atoms with van der Waals surface area (Å²) in [6.45, 7) is 1.97. The van der Waals surface area contributed by atoms with Crippen molar-refractivity contribution in [1.82, 2.24) is 14.8 Å². The van der Waals surface area contributed by atoms with Crippen LogP contribution in [0.15, 0.2) is 24.3 Å². The van der Waals surface area contributed by atoms with E-state index < -0.39 is 4.92 Å². The number of nitro benzene ring substituents is 1. The third kappa shape index (κ3) is 2.23. The molecular weight excluding hydrogens is 240 g/mol. The van der Waals surface area contributed by atoms with Crippen LogP contribution in [0.1, 0.15) is 12.7 Å². The number of benzene rings is 1. The van der Waals surface area contributed by atoms with Crippen molar-refractivity contribution in [1.29, 1.82) is 0 Å². The van der Waals surface area contributed by atoms with Crippen LogP contribution in [-0.2, 0) is 6.42 Å². The van der Waals surface area contributed by atoms with Crippen LogP contribution in [0.4, 0.5) is 5.69 Å². The fourth-order valence-corrected chi connectivity index (χ4v) is 1.72. The van der Waals surface area contributed by atoms with E-state index >= 15 is 0 Å². The molecule has 0 aliphatic carbocycles. The highest BCUT2D eigenvalue weighted by Crippen LogP contribution is 2.15. The molecule has 7 heteroatoms. The average molecular weight is 250 g/mol. The molecule has 2 aromatic rings. The molecule has 0 amide bonds. The lowest BCUT2D eigenvalue weighted by molar-refractivity contribution is -0.384. The molecule has 1 N–H and O–H groups in total. The van der Waals surface area contributed by atoms with Crippen LogP contribution in [0.2, 0.25) is 0 Å². The molecule has 1 heterocycles. The van der Waals surface area contributed by atoms with Crippen LogP contribution in [-0.4, -0.2) is 19.7 Å². The summed E-state index contributed by atoms with van der Waals surface area (Å²) in [6.07, 6.45) is 0.726. The summed E-state index contributed by atoms with van der Waals surface area (Å²) in [7, 11) is 0. The molecule has 0 atom stereocenters. The molecule has 0 bridgehead atoms. The van der Waals surface area contributed by atoms with Gasteiger partial charge in [0, 0.05) is 18.6 Å². The number of non-ortho nitro benzene ring substituents is 1. The van der Waals surface area contributed by atoms with Gasteiger partial charge in [0.05, 0.1) is 10.6 Å². The van der Waals surface area contributed by atoms with Crippen LogP contribution >= 0.6 is 12.2 Å². The van der Waals surface area contributed by atoms with Gasteiger partial charge in [-0.1, -0.05) is 6.92 Å². The third-order valence-corrected chi connectivity index (χ3v) is 2.51. The summed E-state index contributed by atoms with van der Waals surface area (Å²) in [6, 6.07) is 6.21. The van der Waals surface area contributed by atoms with E-state index in [1.807, 2.05) is 6.92 Å². The van der Waals surface area contributed by atoms with Gasteiger partial charge in [-0.25, -0.2) is 9.67 Å². The van der Waals surface area contributed by atoms with Gasteiger partial charge in [-0.3, -0.25) is 15.2 Å². The minimum atomic E-state index is -0.430. The van der Waals surface area contributed by atoms with Gasteiger partial charge >= 0.3 is 0 Å². The van der Waals surface area contributed by atoms with Crippen molar-refractivity contribution in [2.45, 2.75) is 13.3 Å². The molecule has 0 radical (unpaired) electrons. The second-order valence-corrected chi connectivity index (χ2v) is 3.79. The minimum Gasteiger partial charge on any atom is -0.266 e. The summed E-state index contributed by atoms with van der Waals surface area (Å²) in [5.41, 5.74) is 0.835. The monoisotopic (exact) mass is 250 g/mol. The quantitative estimate of drug-likeness (QED) is 0.515. The van der Waals surface area contributed by atoms with Crippen molar-refractivity contribution in [2.24, 2.45) is 0 Å². The van der Waals surface area contributed by atoms with Crippen molar-refractivity contribution in [2.75, 3.05) is 0 Å². The van der Waals surface area contributed by atoms with E-state index in [0.717, 1.165) is 17.9 Å². The fraction of sp³-hybridized carbons (Fsp3) is 0.200. The summed E-state index contributed by atoms with van der Waals surface area (Å²) in [4.78, 5) is 14.3. The van der Waals surface area contributed by atoms with Gasteiger partial charge in [0.15, 0.2) is 0 Å². The van der Waals surface area contributed by atoms with E-state index in [9.17, 15) is 10.1 Å². The van der Waals surface area contributed by atoms with Crippen molar-refractivity contribution in [3.63, 3.8) is 0 Å². The molecule has 1 aromatic heterocycles. The second-order valence-electron chi connectivity index (χ2n) is 3.41. The highest BCUT2D eigenvalue weighted by Gasteiger charge is 2.08. The number of hydrogen-bond acceptors (Lipinski definition) is 4. The molecule has 1 aromatic carbocycles. The Morgan fingerprint density at radius 1 is 1.47 bits per heavy atom. The predicted molar refractivity (Wildman–Crippen MR) is 64.8 cm³/mol. The standard InChI is InChI=1S/C10H10N4O2S/c1-2-9-11-10(17)12-13(9)7-3-5-8(6-4-7)14(15)16/h3-6H,2H2,1H3,(H,12,17). The zero-order chi connectivity index (χ0) is 12.4. The van der Waals surface area contributed by atoms with Crippen molar-refractivity contribution < 1.29 is 4.92 Å². The van der Waals surface area contributed by atoms with Gasteiger partial charge in [-0.15, -0.1) is 0 Å². The van der Waals surface area contributed by atoms with E-state index in [1.165, 1.54) is 12.1 Å². The first-order valence-electron chi connectivity index (χ1n) is 5.04. The highest BCUT2D eigenvalue weighted by molar-refractivity contribution is 7.71. The number of rotatable bonds is 3. The number of aryl methyl sites for hydroxylation is 1. The van der Waals surface area contributed by atoms with Crippen molar-refractivity contribution in [3.8, 4) is 5.69 Å². The van der Waals surface area contributed by atoms with Gasteiger partial charge in [0.2, 0.25) is 4.77 Å². The van der Waals surface area contributed by atoms with Gasteiger partial charge in [-0.05, 0) is 24.4 Å². The molecule has 0 aliphatic rings. The van der Waals surface area contributed by atoms with Crippen LogP contribution in [0.3, 0.4) is 0 Å². The highest BCUT2D eigenvalue weighted by atomic mass is 32.1. The Morgan fingerprint density at radius 3 is 2.65 bits per heavy atom. The third-order valence-electron chi connectivity index (χ3n) is 2.33. The van der Waals surface area contributed by atoms with E-state index in [-0.39, 0.29) is 5.69 Å². The number of aromatic amines is 1. The summed E-state index contributed by atoms with van der Waals surface area (Å²) < 4.78 is 2.13. The normalized spacial score (nSPS) is 10.4. The lowest BCUT2D eigenvalue weighted by Gasteiger charge is -2.04. The second kappa shape index (κ2) is 4.46. The van der Waals surface area contributed by atoms with Crippen LogP contribution in [0.5, 0.6) is 0 Å². The summed E-state index contributed by atoms with van der Waals surface area (Å²) >= 11 is 4.96. The summed E-state index contributed by atoms with van der Waals surface area (Å²) in [5.74, 6) is 0.795. The summed E-state index contributed by atoms with van der Waals surface area (Å²) in [5, 5.41) is 13.4. The van der Waals surface area contributed by atoms with E-state index in [0.29, 0.717) is 4.77 Å². The molecule has 0 aliphatic heterocycles. The topological polar surface area (TPSA) is 76.8 Å². The molecule has 6 nitrogen and oxygen atoms in total. The number of nitrogens with zero attached hydrogens (tertiary/aromatic N) is 3. The largest absolute Gasteiger partial charge is 0.269 e. The molecule has 0 unspecified atom stereocenters. The van der Waals surface area contributed by atoms with E-state index in [1.54, 1.807) is 16.8 Å². The molecule has 0 fully saturated rings. The predicted octanol–water partition coefficient (Wildman–Crippen LogP) is 2.40.